The highest BCUT2D eigenvalue weighted by Crippen LogP contribution is 2.22. The number of amides is 1. The lowest BCUT2D eigenvalue weighted by Crippen LogP contribution is -2.20. The fourth-order valence-electron chi connectivity index (χ4n) is 1.32. The van der Waals surface area contributed by atoms with Crippen LogP contribution in [-0.4, -0.2) is 26.4 Å². The number of halogens is 1. The van der Waals surface area contributed by atoms with Crippen molar-refractivity contribution in [1.29, 1.82) is 0 Å². The van der Waals surface area contributed by atoms with Crippen molar-refractivity contribution in [3.05, 3.63) is 34.4 Å². The van der Waals surface area contributed by atoms with E-state index >= 15 is 0 Å². The van der Waals surface area contributed by atoms with Crippen molar-refractivity contribution in [1.82, 2.24) is 10.2 Å². The SMILES string of the molecule is C[C@@H](Cl)C(=O)Nc1nnc(-c2ccc([N+](=O)[O-])cc2)o1. The van der Waals surface area contributed by atoms with E-state index in [1.54, 1.807) is 0 Å². The van der Waals surface area contributed by atoms with Crippen LogP contribution in [0.25, 0.3) is 11.5 Å². The highest BCUT2D eigenvalue weighted by atomic mass is 35.5. The molecule has 0 fully saturated rings. The van der Waals surface area contributed by atoms with E-state index in [0.29, 0.717) is 5.56 Å². The third-order valence-electron chi connectivity index (χ3n) is 2.34. The minimum atomic E-state index is -0.732. The molecule has 0 aliphatic carbocycles. The van der Waals surface area contributed by atoms with Gasteiger partial charge in [-0.2, -0.15) is 0 Å². The molecule has 0 bridgehead atoms. The van der Waals surface area contributed by atoms with Gasteiger partial charge in [0.25, 0.3) is 5.69 Å². The largest absolute Gasteiger partial charge is 0.403 e. The van der Waals surface area contributed by atoms with Crippen molar-refractivity contribution in [2.75, 3.05) is 5.32 Å². The third kappa shape index (κ3) is 3.09. The lowest BCUT2D eigenvalue weighted by atomic mass is 10.2. The minimum absolute atomic E-state index is 0.0437. The number of anilines is 1. The van der Waals surface area contributed by atoms with Gasteiger partial charge in [-0.25, -0.2) is 0 Å². The molecular weight excluding hydrogens is 288 g/mol. The first kappa shape index (κ1) is 13.9. The molecule has 1 atom stereocenters. The van der Waals surface area contributed by atoms with Crippen LogP contribution in [0.5, 0.6) is 0 Å². The molecule has 0 spiro atoms. The van der Waals surface area contributed by atoms with Gasteiger partial charge in [-0.1, -0.05) is 5.10 Å². The molecule has 0 aliphatic heterocycles. The number of carbonyl (C=O) groups excluding carboxylic acids is 1. The van der Waals surface area contributed by atoms with Gasteiger partial charge in [0, 0.05) is 17.7 Å². The zero-order valence-corrected chi connectivity index (χ0v) is 11.0. The van der Waals surface area contributed by atoms with E-state index in [9.17, 15) is 14.9 Å². The van der Waals surface area contributed by atoms with Gasteiger partial charge in [-0.3, -0.25) is 20.2 Å². The van der Waals surface area contributed by atoms with Gasteiger partial charge in [-0.15, -0.1) is 16.7 Å². The second-order valence-corrected chi connectivity index (χ2v) is 4.48. The molecule has 0 radical (unpaired) electrons. The summed E-state index contributed by atoms with van der Waals surface area (Å²) in [4.78, 5) is 21.4. The number of aromatic nitrogens is 2. The molecule has 0 unspecified atom stereocenters. The number of hydrogen-bond acceptors (Lipinski definition) is 6. The van der Waals surface area contributed by atoms with Crippen LogP contribution in [0.2, 0.25) is 0 Å². The van der Waals surface area contributed by atoms with Gasteiger partial charge in [-0.05, 0) is 19.1 Å². The number of hydrogen-bond donors (Lipinski definition) is 1. The van der Waals surface area contributed by atoms with Crippen molar-refractivity contribution < 1.29 is 14.1 Å². The van der Waals surface area contributed by atoms with E-state index < -0.39 is 16.2 Å². The summed E-state index contributed by atoms with van der Waals surface area (Å²) in [7, 11) is 0. The Hall–Kier alpha value is -2.48. The van der Waals surface area contributed by atoms with Crippen LogP contribution in [0, 0.1) is 10.1 Å². The van der Waals surface area contributed by atoms with Crippen molar-refractivity contribution >= 4 is 29.2 Å². The van der Waals surface area contributed by atoms with E-state index in [4.69, 9.17) is 16.0 Å². The predicted molar refractivity (Wildman–Crippen MR) is 70.3 cm³/mol. The van der Waals surface area contributed by atoms with Crippen LogP contribution >= 0.6 is 11.6 Å². The van der Waals surface area contributed by atoms with E-state index in [0.717, 1.165) is 0 Å². The number of rotatable bonds is 4. The molecule has 9 heteroatoms. The molecule has 0 aliphatic rings. The third-order valence-corrected chi connectivity index (χ3v) is 2.54. The van der Waals surface area contributed by atoms with E-state index in [-0.39, 0.29) is 17.6 Å². The zero-order valence-electron chi connectivity index (χ0n) is 10.2. The summed E-state index contributed by atoms with van der Waals surface area (Å²) >= 11 is 5.58. The summed E-state index contributed by atoms with van der Waals surface area (Å²) in [6.45, 7) is 1.50. The number of nitrogens with one attached hydrogen (secondary N) is 1. The number of non-ortho nitro benzene ring substituents is 1. The Morgan fingerprint density at radius 3 is 2.60 bits per heavy atom. The first-order valence-corrected chi connectivity index (χ1v) is 5.94. The van der Waals surface area contributed by atoms with E-state index in [1.165, 1.54) is 31.2 Å². The highest BCUT2D eigenvalue weighted by molar-refractivity contribution is 6.32. The monoisotopic (exact) mass is 296 g/mol. The number of nitro benzene ring substituents is 1. The predicted octanol–water partition coefficient (Wildman–Crippen LogP) is 2.21. The molecule has 1 amide bonds. The van der Waals surface area contributed by atoms with Crippen molar-refractivity contribution in [2.24, 2.45) is 0 Å². The Bertz CT molecular complexity index is 638. The Labute approximate surface area is 117 Å². The van der Waals surface area contributed by atoms with Gasteiger partial charge < -0.3 is 4.42 Å². The highest BCUT2D eigenvalue weighted by Gasteiger charge is 2.15. The van der Waals surface area contributed by atoms with E-state index in [1.807, 2.05) is 0 Å². The first-order valence-electron chi connectivity index (χ1n) is 5.50. The molecule has 0 saturated carbocycles. The van der Waals surface area contributed by atoms with Gasteiger partial charge in [0.15, 0.2) is 0 Å². The van der Waals surface area contributed by atoms with Crippen LogP contribution in [0.4, 0.5) is 11.7 Å². The maximum atomic E-state index is 11.3. The summed E-state index contributed by atoms with van der Waals surface area (Å²) in [5.74, 6) is -0.331. The van der Waals surface area contributed by atoms with Crippen molar-refractivity contribution in [3.63, 3.8) is 0 Å². The van der Waals surface area contributed by atoms with Crippen LogP contribution in [0.3, 0.4) is 0 Å². The van der Waals surface area contributed by atoms with Crippen LogP contribution in [-0.2, 0) is 4.79 Å². The van der Waals surface area contributed by atoms with Gasteiger partial charge in [0.2, 0.25) is 11.8 Å². The first-order chi connectivity index (χ1) is 9.47. The number of alkyl halides is 1. The normalized spacial score (nSPS) is 11.9. The fraction of sp³-hybridized carbons (Fsp3) is 0.182. The lowest BCUT2D eigenvalue weighted by molar-refractivity contribution is -0.384. The van der Waals surface area contributed by atoms with Crippen molar-refractivity contribution in [2.45, 2.75) is 12.3 Å². The van der Waals surface area contributed by atoms with Crippen molar-refractivity contribution in [3.8, 4) is 11.5 Å². The quantitative estimate of drug-likeness (QED) is 0.526. The average Bonchev–Trinajstić information content (AvgIpc) is 2.87. The maximum absolute atomic E-state index is 11.3. The fourth-order valence-corrected chi connectivity index (χ4v) is 1.38. The lowest BCUT2D eigenvalue weighted by Gasteiger charge is -2.00. The molecule has 2 aromatic rings. The standard InChI is InChI=1S/C11H9ClN4O4/c1-6(12)9(17)13-11-15-14-10(20-11)7-2-4-8(5-3-7)16(18)19/h2-6H,1H3,(H,13,15,17)/t6-/m1/s1. The minimum Gasteiger partial charge on any atom is -0.403 e. The summed E-state index contributed by atoms with van der Waals surface area (Å²) in [5, 5.41) is 19.5. The molecule has 1 aromatic heterocycles. The number of nitro groups is 1. The number of carbonyl (C=O) groups is 1. The summed E-state index contributed by atoms with van der Waals surface area (Å²) in [6.07, 6.45) is 0. The Balaban J connectivity index is 2.16. The van der Waals surface area contributed by atoms with E-state index in [2.05, 4.69) is 15.5 Å². The van der Waals surface area contributed by atoms with Gasteiger partial charge in [0.05, 0.1) is 4.92 Å². The van der Waals surface area contributed by atoms with Crippen LogP contribution in [0.15, 0.2) is 28.7 Å². The molecule has 1 aromatic carbocycles. The molecule has 20 heavy (non-hydrogen) atoms. The second-order valence-electron chi connectivity index (χ2n) is 3.82. The topological polar surface area (TPSA) is 111 Å². The summed E-state index contributed by atoms with van der Waals surface area (Å²) in [6, 6.07) is 5.50. The second kappa shape index (κ2) is 5.66. The summed E-state index contributed by atoms with van der Waals surface area (Å²) < 4.78 is 5.21. The summed E-state index contributed by atoms with van der Waals surface area (Å²) in [5.41, 5.74) is 0.459. The molecule has 2 rings (SSSR count). The van der Waals surface area contributed by atoms with Crippen LogP contribution in [0.1, 0.15) is 6.92 Å². The molecule has 0 saturated heterocycles. The molecular formula is C11H9ClN4O4. The molecule has 8 nitrogen and oxygen atoms in total. The zero-order chi connectivity index (χ0) is 14.7. The Morgan fingerprint density at radius 2 is 2.05 bits per heavy atom. The number of benzene rings is 1. The Morgan fingerprint density at radius 1 is 1.40 bits per heavy atom. The molecule has 1 N–H and O–H groups in total. The maximum Gasteiger partial charge on any atom is 0.322 e. The number of nitrogens with zero attached hydrogens (tertiary/aromatic N) is 3. The van der Waals surface area contributed by atoms with Gasteiger partial charge in [0.1, 0.15) is 5.38 Å². The van der Waals surface area contributed by atoms with Crippen LogP contribution < -0.4 is 5.32 Å². The van der Waals surface area contributed by atoms with Gasteiger partial charge >= 0.3 is 6.01 Å². The molecule has 104 valence electrons. The Kier molecular flexibility index (Phi) is 3.94. The molecule has 1 heterocycles. The smallest absolute Gasteiger partial charge is 0.322 e. The average molecular weight is 297 g/mol.